The molecule has 11 nitrogen and oxygen atoms in total. The quantitative estimate of drug-likeness (QED) is 0.151. The van der Waals surface area contributed by atoms with E-state index in [1.807, 2.05) is 77.0 Å². The number of nitrogens with two attached hydrogens (primary N) is 1. The van der Waals surface area contributed by atoms with Crippen molar-refractivity contribution in [2.24, 2.45) is 5.73 Å². The fourth-order valence-corrected chi connectivity index (χ4v) is 5.01. The first-order chi connectivity index (χ1) is 21.0. The Kier molecular flexibility index (Phi) is 13.2. The SMILES string of the molecule is COc1c(NC(=O)c2ccc(C)c([N-]/C=C(\N)C(=O)N[C@H](CN(C)C)c3ccccc3)c2)cc(C(C)(C)C)cc1NS(C)(=O)=O.[Ni+2]. The van der Waals surface area contributed by atoms with E-state index in [9.17, 15) is 18.0 Å². The maximum atomic E-state index is 13.4. The minimum atomic E-state index is -3.63. The molecule has 2 amide bonds. The van der Waals surface area contributed by atoms with Crippen molar-refractivity contribution in [3.8, 4) is 5.75 Å². The smallest absolute Gasteiger partial charge is 0.662 e. The summed E-state index contributed by atoms with van der Waals surface area (Å²) in [5.74, 6) is -0.765. The van der Waals surface area contributed by atoms with Gasteiger partial charge in [-0.05, 0) is 55.8 Å². The molecule has 0 unspecified atom stereocenters. The average molecular weight is 695 g/mol. The number of sulfonamides is 1. The molecule has 5 N–H and O–H groups in total. The maximum Gasteiger partial charge on any atom is 2.00 e. The van der Waals surface area contributed by atoms with Crippen molar-refractivity contribution in [3.05, 3.63) is 100 Å². The standard InChI is InChI=1S/C33H44N6O5S.Ni/c1-21-14-15-23(31(40)36-27-17-24(33(2,3)4)18-28(30(27)44-7)38-45(8,42)43)16-26(21)35-19-25(34)32(41)37-29(20-39(5)6)22-12-10-9-11-13-22;/h9-19,29,38H,20,34H2,1-8H3,(H3,35,36,37,40,41);/q;+2/p-1/t29-;/m1./s1. The predicted molar refractivity (Wildman–Crippen MR) is 180 cm³/mol. The van der Waals surface area contributed by atoms with Crippen LogP contribution in [0.15, 0.2) is 72.6 Å². The monoisotopic (exact) mass is 693 g/mol. The number of nitrogens with one attached hydrogen (secondary N) is 3. The van der Waals surface area contributed by atoms with Crippen molar-refractivity contribution in [3.63, 3.8) is 0 Å². The Hall–Kier alpha value is -4.06. The first kappa shape index (κ1) is 38.1. The molecule has 0 saturated heterocycles. The van der Waals surface area contributed by atoms with Crippen molar-refractivity contribution in [1.82, 2.24) is 10.2 Å². The van der Waals surface area contributed by atoms with Crippen molar-refractivity contribution in [1.29, 1.82) is 0 Å². The molecule has 0 radical (unpaired) electrons. The topological polar surface area (TPSA) is 157 Å². The number of aryl methyl sites for hydroxylation is 1. The number of anilines is 2. The van der Waals surface area contributed by atoms with Crippen LogP contribution < -0.4 is 25.8 Å². The molecule has 3 aromatic carbocycles. The van der Waals surface area contributed by atoms with Gasteiger partial charge in [0, 0.05) is 12.1 Å². The van der Waals surface area contributed by atoms with E-state index in [0.717, 1.165) is 22.9 Å². The number of methoxy groups -OCH3 is 1. The van der Waals surface area contributed by atoms with E-state index in [4.69, 9.17) is 10.5 Å². The summed E-state index contributed by atoms with van der Waals surface area (Å²) in [7, 11) is 1.61. The second-order valence-electron chi connectivity index (χ2n) is 12.1. The number of likely N-dealkylation sites (N-methyl/N-ethyl adjacent to an activating group) is 1. The number of ether oxygens (including phenoxy) is 1. The van der Waals surface area contributed by atoms with E-state index < -0.39 is 21.8 Å². The van der Waals surface area contributed by atoms with Gasteiger partial charge in [0.25, 0.3) is 11.8 Å². The Morgan fingerprint density at radius 3 is 2.24 bits per heavy atom. The molecular formula is C33H43N6NiO5S+. The van der Waals surface area contributed by atoms with Crippen LogP contribution in [-0.2, 0) is 36.7 Å². The molecule has 0 spiro atoms. The number of nitrogens with zero attached hydrogens (tertiary/aromatic N) is 2. The van der Waals surface area contributed by atoms with E-state index in [1.165, 1.54) is 13.3 Å². The van der Waals surface area contributed by atoms with Crippen LogP contribution in [0.25, 0.3) is 5.32 Å². The van der Waals surface area contributed by atoms with E-state index in [0.29, 0.717) is 17.9 Å². The molecule has 0 fully saturated rings. The minimum absolute atomic E-state index is 0. The normalized spacial score (nSPS) is 12.5. The molecule has 46 heavy (non-hydrogen) atoms. The summed E-state index contributed by atoms with van der Waals surface area (Å²) in [6, 6.07) is 17.7. The van der Waals surface area contributed by atoms with Crippen LogP contribution in [-0.4, -0.2) is 59.1 Å². The molecule has 1 atom stereocenters. The Balaban J connectivity index is 0.00000736. The zero-order valence-electron chi connectivity index (χ0n) is 27.4. The summed E-state index contributed by atoms with van der Waals surface area (Å²) >= 11 is 0. The van der Waals surface area contributed by atoms with Gasteiger partial charge in [0.2, 0.25) is 10.0 Å². The molecule has 0 heterocycles. The van der Waals surface area contributed by atoms with Crippen molar-refractivity contribution in [2.75, 3.05) is 44.0 Å². The van der Waals surface area contributed by atoms with Crippen LogP contribution >= 0.6 is 0 Å². The molecular weight excluding hydrogens is 651 g/mol. The third-order valence-corrected chi connectivity index (χ3v) is 7.42. The van der Waals surface area contributed by atoms with Crippen molar-refractivity contribution < 1.29 is 39.2 Å². The van der Waals surface area contributed by atoms with E-state index >= 15 is 0 Å². The predicted octanol–water partition coefficient (Wildman–Crippen LogP) is 5.15. The van der Waals surface area contributed by atoms with Crippen LogP contribution in [0.4, 0.5) is 17.1 Å². The Morgan fingerprint density at radius 2 is 1.67 bits per heavy atom. The van der Waals surface area contributed by atoms with Crippen LogP contribution in [0, 0.1) is 6.92 Å². The third-order valence-electron chi connectivity index (χ3n) is 6.83. The van der Waals surface area contributed by atoms with Crippen LogP contribution in [0.1, 0.15) is 53.9 Å². The molecule has 3 aromatic rings. The maximum absolute atomic E-state index is 13.4. The van der Waals surface area contributed by atoms with E-state index in [2.05, 4.69) is 20.7 Å². The van der Waals surface area contributed by atoms with Gasteiger partial charge in [0.1, 0.15) is 0 Å². The molecule has 0 saturated carbocycles. The fraction of sp³-hybridized carbons (Fsp3) is 0.333. The van der Waals surface area contributed by atoms with Gasteiger partial charge in [-0.25, -0.2) is 8.42 Å². The number of benzene rings is 3. The number of carbonyl (C=O) groups excluding carboxylic acids is 2. The summed E-state index contributed by atoms with van der Waals surface area (Å²) in [5.41, 5.74) is 9.39. The Morgan fingerprint density at radius 1 is 1.04 bits per heavy atom. The van der Waals surface area contributed by atoms with Gasteiger partial charge in [-0.3, -0.25) is 14.3 Å². The van der Waals surface area contributed by atoms with Crippen molar-refractivity contribution >= 4 is 38.9 Å². The Bertz CT molecular complexity index is 1670. The average Bonchev–Trinajstić information content (AvgIpc) is 2.94. The molecule has 0 bridgehead atoms. The molecule has 13 heteroatoms. The fourth-order valence-electron chi connectivity index (χ4n) is 4.46. The second kappa shape index (κ2) is 16.0. The first-order valence-electron chi connectivity index (χ1n) is 14.3. The third kappa shape index (κ3) is 10.8. The number of carbonyl (C=O) groups is 2. The number of hydrogen-bond donors (Lipinski definition) is 4. The second-order valence-corrected chi connectivity index (χ2v) is 13.8. The summed E-state index contributed by atoms with van der Waals surface area (Å²) in [5, 5.41) is 10.2. The summed E-state index contributed by atoms with van der Waals surface area (Å²) < 4.78 is 32.1. The number of amides is 2. The van der Waals surface area contributed by atoms with E-state index in [1.54, 1.807) is 30.3 Å². The van der Waals surface area contributed by atoms with Crippen LogP contribution in [0.5, 0.6) is 5.75 Å². The zero-order valence-corrected chi connectivity index (χ0v) is 29.2. The van der Waals surface area contributed by atoms with E-state index in [-0.39, 0.29) is 50.6 Å². The number of rotatable bonds is 12. The van der Waals surface area contributed by atoms with Gasteiger partial charge in [-0.1, -0.05) is 68.8 Å². The van der Waals surface area contributed by atoms with Gasteiger partial charge in [0.05, 0.1) is 36.5 Å². The minimum Gasteiger partial charge on any atom is -0.662 e. The molecule has 0 aromatic heterocycles. The van der Waals surface area contributed by atoms with Crippen LogP contribution in [0.3, 0.4) is 0 Å². The number of hydrogen-bond acceptors (Lipinski definition) is 7. The summed E-state index contributed by atoms with van der Waals surface area (Å²) in [4.78, 5) is 28.4. The molecule has 3 rings (SSSR count). The van der Waals surface area contributed by atoms with Gasteiger partial charge in [-0.2, -0.15) is 0 Å². The van der Waals surface area contributed by atoms with Crippen LogP contribution in [0.2, 0.25) is 0 Å². The first-order valence-corrected chi connectivity index (χ1v) is 16.2. The van der Waals surface area contributed by atoms with Gasteiger partial charge in [-0.15, -0.1) is 11.9 Å². The molecule has 0 aliphatic heterocycles. The molecule has 250 valence electrons. The largest absolute Gasteiger partial charge is 2.00 e. The Labute approximate surface area is 282 Å². The van der Waals surface area contributed by atoms with Gasteiger partial charge < -0.3 is 31.3 Å². The molecule has 0 aliphatic carbocycles. The molecule has 0 aliphatic rings. The van der Waals surface area contributed by atoms with Gasteiger partial charge >= 0.3 is 16.5 Å². The van der Waals surface area contributed by atoms with Gasteiger partial charge in [0.15, 0.2) is 5.75 Å². The van der Waals surface area contributed by atoms with Crippen molar-refractivity contribution in [2.45, 2.75) is 39.2 Å². The summed E-state index contributed by atoms with van der Waals surface area (Å²) in [6.45, 7) is 8.32. The zero-order chi connectivity index (χ0) is 33.5. The summed E-state index contributed by atoms with van der Waals surface area (Å²) in [6.07, 6.45) is 2.32.